The molecule has 0 fully saturated rings. The molecule has 4 unspecified atom stereocenters. The highest BCUT2D eigenvalue weighted by molar-refractivity contribution is 7.86. The molecule has 69 heavy (non-hydrogen) atoms. The summed E-state index contributed by atoms with van der Waals surface area (Å²) in [7, 11) is -11.5. The maximum atomic E-state index is 15.4. The largest absolute Gasteiger partial charge is 0.293 e. The monoisotopic (exact) mass is 983 g/mol. The molecule has 362 valence electrons. The van der Waals surface area contributed by atoms with Gasteiger partial charge in [0.2, 0.25) is 38.5 Å². The predicted molar refractivity (Wildman–Crippen MR) is 287 cm³/mol. The van der Waals surface area contributed by atoms with Crippen molar-refractivity contribution < 1.29 is 28.1 Å². The molecule has 0 aliphatic rings. The molecule has 0 saturated heterocycles. The van der Waals surface area contributed by atoms with Gasteiger partial charge < -0.3 is 0 Å². The molecule has 0 aromatic heterocycles. The van der Waals surface area contributed by atoms with E-state index in [1.54, 1.807) is 72.8 Å². The Bertz CT molecular complexity index is 2900. The van der Waals surface area contributed by atoms with Crippen LogP contribution in [0.2, 0.25) is 0 Å². The van der Waals surface area contributed by atoms with Gasteiger partial charge in [0.1, 0.15) is 0 Å². The summed E-state index contributed by atoms with van der Waals surface area (Å²) in [6.07, 6.45) is 2.97. The number of benzene rings is 6. The van der Waals surface area contributed by atoms with Gasteiger partial charge in [0, 0.05) is 52.2 Å². The number of carbonyl (C=O) groups excluding carboxylic acids is 3. The molecule has 0 radical (unpaired) electrons. The Hall–Kier alpha value is -5.10. The molecular formula is C57H68N3O6P3. The number of hydrogen-bond donors (Lipinski definition) is 3. The minimum atomic E-state index is -3.91. The van der Waals surface area contributed by atoms with Crippen LogP contribution >= 0.6 is 21.9 Å². The van der Waals surface area contributed by atoms with E-state index in [1.165, 1.54) is 0 Å². The Labute approximate surface area is 410 Å². The molecule has 0 aliphatic heterocycles. The number of nitrogens with one attached hydrogen (secondary N) is 3. The van der Waals surface area contributed by atoms with Crippen LogP contribution in [-0.4, -0.2) is 36.2 Å². The van der Waals surface area contributed by atoms with Gasteiger partial charge in [-0.1, -0.05) is 114 Å². The summed E-state index contributed by atoms with van der Waals surface area (Å²) >= 11 is 0. The van der Waals surface area contributed by atoms with E-state index < -0.39 is 38.5 Å². The third kappa shape index (κ3) is 12.3. The highest BCUT2D eigenvalue weighted by Crippen LogP contribution is 2.48. The normalized spacial score (nSPS) is 14.6. The highest BCUT2D eigenvalue weighted by Gasteiger charge is 2.39. The third-order valence-corrected chi connectivity index (χ3v) is 20.4. The zero-order valence-corrected chi connectivity index (χ0v) is 44.3. The fourth-order valence-corrected chi connectivity index (χ4v) is 16.7. The van der Waals surface area contributed by atoms with Gasteiger partial charge in [-0.15, -0.1) is 0 Å². The SMILES string of the molecule is Cc1cc(C)c(C(=O)P(=O)(NCCCCC(CCCNP(=O)(C(=O)c2c(C)cc(C)cc2C)c2ccccc2)CNP(=O)(C(=O)c2c(C)cc(C)cc2C)c2ccccc2)c2ccccc2)c(C)c1. The number of carbonyl (C=O) groups is 3. The minimum Gasteiger partial charge on any atom is -0.293 e. The van der Waals surface area contributed by atoms with Crippen LogP contribution in [0.25, 0.3) is 0 Å². The lowest BCUT2D eigenvalue weighted by atomic mass is 9.97. The second kappa shape index (κ2) is 23.2. The van der Waals surface area contributed by atoms with Gasteiger partial charge in [0.25, 0.3) is 0 Å². The van der Waals surface area contributed by atoms with Crippen molar-refractivity contribution in [3.05, 3.63) is 194 Å². The van der Waals surface area contributed by atoms with Crippen LogP contribution in [-0.2, 0) is 13.7 Å². The van der Waals surface area contributed by atoms with Gasteiger partial charge in [0.05, 0.1) is 0 Å². The molecule has 0 amide bonds. The molecule has 3 N–H and O–H groups in total. The van der Waals surface area contributed by atoms with Crippen molar-refractivity contribution in [2.24, 2.45) is 5.92 Å². The second-order valence-corrected chi connectivity index (χ2v) is 26.1. The van der Waals surface area contributed by atoms with Gasteiger partial charge in [0.15, 0.2) is 0 Å². The van der Waals surface area contributed by atoms with Crippen LogP contribution in [0.3, 0.4) is 0 Å². The summed E-state index contributed by atoms with van der Waals surface area (Å²) in [6, 6.07) is 38.3. The van der Waals surface area contributed by atoms with Crippen LogP contribution in [0.15, 0.2) is 127 Å². The van der Waals surface area contributed by atoms with Crippen molar-refractivity contribution in [2.75, 3.05) is 19.6 Å². The van der Waals surface area contributed by atoms with Gasteiger partial charge in [-0.05, 0) is 164 Å². The Morgan fingerprint density at radius 3 is 0.986 bits per heavy atom. The van der Waals surface area contributed by atoms with Gasteiger partial charge >= 0.3 is 0 Å². The lowest BCUT2D eigenvalue weighted by molar-refractivity contribution is 0.106. The number of aryl methyl sites for hydroxylation is 9. The summed E-state index contributed by atoms with van der Waals surface area (Å²) < 4.78 is 45.4. The molecule has 12 heteroatoms. The Morgan fingerprint density at radius 2 is 0.667 bits per heavy atom. The first-order valence-corrected chi connectivity index (χ1v) is 29.0. The van der Waals surface area contributed by atoms with Crippen molar-refractivity contribution >= 4 is 54.4 Å². The van der Waals surface area contributed by atoms with E-state index in [4.69, 9.17) is 0 Å². The first kappa shape index (κ1) is 53.3. The summed E-state index contributed by atoms with van der Waals surface area (Å²) in [6.45, 7) is 18.0. The molecular weight excluding hydrogens is 916 g/mol. The molecule has 0 aliphatic carbocycles. The zero-order chi connectivity index (χ0) is 50.1. The fraction of sp³-hybridized carbons (Fsp3) is 0.316. The summed E-state index contributed by atoms with van der Waals surface area (Å²) in [5, 5.41) is 11.1. The topological polar surface area (TPSA) is 139 Å². The standard InChI is InChI=1S/C57H68N3O6P3/c1-39-32-42(4)52(43(5)33-39)55(61)67(64,49-24-13-10-14-25-49)58-30-20-19-22-48(38-60-69(66,51-28-17-12-18-29-51)57(63)54-46(8)36-41(3)37-47(54)9)23-21-31-59-68(65,50-26-15-11-16-27-50)56(62)53-44(6)34-40(2)35-45(53)7/h10-18,24-29,32-37,48H,19-23,30-31,38H2,1-9H3,(H,58,64)(H,59,65)(H,60,66). The van der Waals surface area contributed by atoms with E-state index >= 15 is 9.13 Å². The van der Waals surface area contributed by atoms with Crippen LogP contribution in [0, 0.1) is 68.2 Å². The Morgan fingerprint density at radius 1 is 0.391 bits per heavy atom. The van der Waals surface area contributed by atoms with Crippen molar-refractivity contribution in [2.45, 2.75) is 94.4 Å². The van der Waals surface area contributed by atoms with Crippen molar-refractivity contribution in [3.8, 4) is 0 Å². The van der Waals surface area contributed by atoms with Crippen LogP contribution in [0.4, 0.5) is 0 Å². The van der Waals surface area contributed by atoms with E-state index in [1.807, 2.05) is 117 Å². The quantitative estimate of drug-likeness (QED) is 0.0423. The average Bonchev–Trinajstić information content (AvgIpc) is 3.31. The molecule has 0 spiro atoms. The molecule has 9 nitrogen and oxygen atoms in total. The van der Waals surface area contributed by atoms with Crippen molar-refractivity contribution in [1.29, 1.82) is 0 Å². The Kier molecular flexibility index (Phi) is 17.9. The molecule has 0 bridgehead atoms. The number of unbranched alkanes of at least 4 members (excludes halogenated alkanes) is 1. The second-order valence-electron chi connectivity index (χ2n) is 18.8. The zero-order valence-electron chi connectivity index (χ0n) is 41.6. The summed E-state index contributed by atoms with van der Waals surface area (Å²) in [4.78, 5) is 43.4. The van der Waals surface area contributed by atoms with Crippen LogP contribution < -0.4 is 31.2 Å². The first-order valence-electron chi connectivity index (χ1n) is 23.9. The number of rotatable bonds is 23. The lowest BCUT2D eigenvalue weighted by Crippen LogP contribution is -2.31. The third-order valence-electron chi connectivity index (χ3n) is 13.0. The molecule has 6 aromatic carbocycles. The van der Waals surface area contributed by atoms with E-state index in [-0.39, 0.29) is 19.0 Å². The Balaban J connectivity index is 1.25. The van der Waals surface area contributed by atoms with Crippen molar-refractivity contribution in [1.82, 2.24) is 15.3 Å². The van der Waals surface area contributed by atoms with Gasteiger partial charge in [-0.3, -0.25) is 43.3 Å². The van der Waals surface area contributed by atoms with E-state index in [2.05, 4.69) is 15.3 Å². The molecule has 0 saturated carbocycles. The summed E-state index contributed by atoms with van der Waals surface area (Å²) in [5.41, 5.74) is 7.77. The lowest BCUT2D eigenvalue weighted by Gasteiger charge is -2.25. The smallest absolute Gasteiger partial charge is 0.243 e. The van der Waals surface area contributed by atoms with E-state index in [9.17, 15) is 18.9 Å². The predicted octanol–water partition coefficient (Wildman–Crippen LogP) is 12.4. The average molecular weight is 984 g/mol. The highest BCUT2D eigenvalue weighted by atomic mass is 31.2. The van der Waals surface area contributed by atoms with Crippen LogP contribution in [0.5, 0.6) is 0 Å². The molecule has 6 rings (SSSR count). The number of hydrogen-bond acceptors (Lipinski definition) is 6. The minimum absolute atomic E-state index is 0.120. The van der Waals surface area contributed by atoms with Crippen molar-refractivity contribution in [3.63, 3.8) is 0 Å². The first-order chi connectivity index (χ1) is 32.8. The van der Waals surface area contributed by atoms with E-state index in [0.717, 1.165) is 50.1 Å². The maximum Gasteiger partial charge on any atom is 0.243 e. The van der Waals surface area contributed by atoms with Gasteiger partial charge in [-0.25, -0.2) is 0 Å². The van der Waals surface area contributed by atoms with Gasteiger partial charge in [-0.2, -0.15) is 0 Å². The van der Waals surface area contributed by atoms with E-state index in [0.29, 0.717) is 71.3 Å². The maximum absolute atomic E-state index is 15.4. The molecule has 4 atom stereocenters. The summed E-state index contributed by atoms with van der Waals surface area (Å²) in [5.74, 6) is -0.120. The van der Waals surface area contributed by atoms with Crippen LogP contribution in [0.1, 0.15) is 113 Å². The molecule has 6 aromatic rings. The fourth-order valence-electron chi connectivity index (χ4n) is 9.81. The molecule has 0 heterocycles.